The molecule has 5 aliphatic rings. The highest BCUT2D eigenvalue weighted by atomic mass is 19.1. The normalized spacial score (nSPS) is 23.3. The number of rotatable bonds is 8. The number of halogens is 1. The van der Waals surface area contributed by atoms with E-state index in [1.165, 1.54) is 20.8 Å². The Morgan fingerprint density at radius 1 is 0.855 bits per heavy atom. The maximum Gasteiger partial charge on any atom is 0.337 e. The summed E-state index contributed by atoms with van der Waals surface area (Å²) in [5.41, 5.74) is 2.34. The van der Waals surface area contributed by atoms with Crippen molar-refractivity contribution in [3.05, 3.63) is 93.0 Å². The summed E-state index contributed by atoms with van der Waals surface area (Å²) in [6, 6.07) is 16.8. The number of pyridine rings is 1. The maximum atomic E-state index is 14.6. The summed E-state index contributed by atoms with van der Waals surface area (Å²) in [4.78, 5) is 64.7. The van der Waals surface area contributed by atoms with Gasteiger partial charge in [0.25, 0.3) is 11.5 Å². The second-order valence-electron chi connectivity index (χ2n) is 15.8. The third-order valence-electron chi connectivity index (χ3n) is 12.5. The molecule has 3 aliphatic heterocycles. The van der Waals surface area contributed by atoms with Gasteiger partial charge < -0.3 is 9.64 Å². The Hall–Kier alpha value is -4.76. The van der Waals surface area contributed by atoms with Crippen LogP contribution in [0.4, 0.5) is 4.39 Å². The fraction of sp³-hybridized carbons (Fsp3) is 0.488. The van der Waals surface area contributed by atoms with Gasteiger partial charge in [0.2, 0.25) is 5.91 Å². The largest absolute Gasteiger partial charge is 0.378 e. The lowest BCUT2D eigenvalue weighted by molar-refractivity contribution is -0.207. The number of aromatic nitrogens is 3. The Labute approximate surface area is 318 Å². The van der Waals surface area contributed by atoms with Crippen LogP contribution in [-0.4, -0.2) is 128 Å². The van der Waals surface area contributed by atoms with Crippen molar-refractivity contribution in [3.63, 3.8) is 0 Å². The molecular formula is C41H47FN8O5. The number of hydrogen-bond acceptors (Lipinski definition) is 9. The molecular weight excluding hydrogens is 704 g/mol. The van der Waals surface area contributed by atoms with E-state index in [9.17, 15) is 23.6 Å². The lowest BCUT2D eigenvalue weighted by Crippen LogP contribution is -2.72. The smallest absolute Gasteiger partial charge is 0.337 e. The molecule has 14 heteroatoms. The Morgan fingerprint density at radius 3 is 2.24 bits per heavy atom. The molecule has 0 atom stereocenters. The van der Waals surface area contributed by atoms with E-state index in [-0.39, 0.29) is 40.5 Å². The van der Waals surface area contributed by atoms with Crippen molar-refractivity contribution in [2.75, 3.05) is 66.1 Å². The van der Waals surface area contributed by atoms with Crippen molar-refractivity contribution in [1.82, 2.24) is 38.8 Å². The molecule has 5 heterocycles. The third-order valence-corrected chi connectivity index (χ3v) is 12.5. The number of morpholine rings is 1. The van der Waals surface area contributed by atoms with Crippen LogP contribution in [0.5, 0.6) is 0 Å². The van der Waals surface area contributed by atoms with Gasteiger partial charge in [0.05, 0.1) is 37.0 Å². The zero-order valence-corrected chi connectivity index (χ0v) is 31.2. The summed E-state index contributed by atoms with van der Waals surface area (Å²) in [5, 5.41) is 3.99. The van der Waals surface area contributed by atoms with Gasteiger partial charge in [-0.15, -0.1) is 0 Å². The number of carbonyl (C=O) groups is 2. The zero-order valence-electron chi connectivity index (χ0n) is 31.2. The van der Waals surface area contributed by atoms with Gasteiger partial charge in [-0.05, 0) is 73.4 Å². The molecule has 13 nitrogen and oxygen atoms in total. The van der Waals surface area contributed by atoms with E-state index in [0.717, 1.165) is 62.9 Å². The summed E-state index contributed by atoms with van der Waals surface area (Å²) in [5.74, 6) is -0.281. The molecule has 0 bridgehead atoms. The zero-order chi connectivity index (χ0) is 37.8. The molecule has 9 rings (SSSR count). The van der Waals surface area contributed by atoms with Crippen LogP contribution in [0.2, 0.25) is 0 Å². The molecule has 0 N–H and O–H groups in total. The number of hydrogen-bond donors (Lipinski definition) is 0. The van der Waals surface area contributed by atoms with E-state index in [4.69, 9.17) is 4.74 Å². The van der Waals surface area contributed by atoms with Gasteiger partial charge in [0, 0.05) is 64.9 Å². The first kappa shape index (κ1) is 35.9. The predicted octanol–water partition coefficient (Wildman–Crippen LogP) is 3.04. The molecule has 55 heavy (non-hydrogen) atoms. The van der Waals surface area contributed by atoms with Crippen LogP contribution in [0.25, 0.3) is 27.8 Å². The van der Waals surface area contributed by atoms with Crippen LogP contribution in [0, 0.1) is 5.82 Å². The van der Waals surface area contributed by atoms with E-state index in [2.05, 4.69) is 44.1 Å². The minimum atomic E-state index is -0.645. The molecule has 2 saturated carbocycles. The molecule has 2 aliphatic carbocycles. The van der Waals surface area contributed by atoms with Gasteiger partial charge in [-0.1, -0.05) is 36.4 Å². The molecule has 288 valence electrons. The van der Waals surface area contributed by atoms with Crippen LogP contribution in [0.15, 0.2) is 70.4 Å². The number of benzene rings is 2. The molecule has 2 amide bonds. The van der Waals surface area contributed by atoms with Crippen LogP contribution >= 0.6 is 0 Å². The van der Waals surface area contributed by atoms with Crippen LogP contribution < -0.4 is 11.2 Å². The first-order valence-electron chi connectivity index (χ1n) is 19.6. The molecule has 2 aromatic heterocycles. The standard InChI is InChI=1S/C41H47FN8O5/c1-44-41(13-14-41)39(53)50(44)33-11-9-32(10-12-33)49-38(52)35-24-31(42)25-43-37(35)48(40(49)54)34-4-2-3-30(23-34)29-7-5-28(6-8-29)26-45-15-17-46(18-16-45)27-36(51)47-19-21-55-22-20-47/h2-8,23-25,32-33H,9-22,26-27H2,1H3/t32-,33+. The number of nitrogens with zero attached hydrogens (tertiary/aromatic N) is 8. The SMILES string of the molecule is CN1N([C@H]2CC[C@@H](n3c(=O)c4cc(F)cnc4n(-c4cccc(-c5ccc(CN6CCN(CC(=O)N7CCOCC7)CC6)cc5)c4)c3=O)CC2)C(=O)C12CC2. The van der Waals surface area contributed by atoms with Crippen LogP contribution in [-0.2, 0) is 20.9 Å². The summed E-state index contributed by atoms with van der Waals surface area (Å²) in [6.07, 6.45) is 5.27. The van der Waals surface area contributed by atoms with Gasteiger partial charge in [-0.2, -0.15) is 0 Å². The monoisotopic (exact) mass is 750 g/mol. The Bertz CT molecular complexity index is 2230. The van der Waals surface area contributed by atoms with Gasteiger partial charge in [0.1, 0.15) is 11.4 Å². The maximum absolute atomic E-state index is 14.6. The third kappa shape index (κ3) is 6.58. The van der Waals surface area contributed by atoms with Crippen molar-refractivity contribution in [2.24, 2.45) is 0 Å². The van der Waals surface area contributed by atoms with E-state index in [1.54, 1.807) is 0 Å². The van der Waals surface area contributed by atoms with E-state index in [1.807, 2.05) is 41.2 Å². The summed E-state index contributed by atoms with van der Waals surface area (Å²) in [7, 11) is 1.97. The molecule has 0 radical (unpaired) electrons. The quantitative estimate of drug-likeness (QED) is 0.268. The average Bonchev–Trinajstić information content (AvgIpc) is 4.05. The molecule has 0 unspecified atom stereocenters. The fourth-order valence-electron chi connectivity index (χ4n) is 9.11. The van der Waals surface area contributed by atoms with E-state index >= 15 is 0 Å². The van der Waals surface area contributed by atoms with Crippen molar-refractivity contribution in [2.45, 2.75) is 62.7 Å². The molecule has 5 fully saturated rings. The highest BCUT2D eigenvalue weighted by Crippen LogP contribution is 2.52. The number of likely N-dealkylation sites (N-methyl/N-ethyl adjacent to an activating group) is 1. The summed E-state index contributed by atoms with van der Waals surface area (Å²) < 4.78 is 22.7. The highest BCUT2D eigenvalue weighted by Gasteiger charge is 2.66. The fourth-order valence-corrected chi connectivity index (χ4v) is 9.11. The Kier molecular flexibility index (Phi) is 9.39. The molecule has 2 aromatic carbocycles. The highest BCUT2D eigenvalue weighted by molar-refractivity contribution is 5.94. The first-order chi connectivity index (χ1) is 26.7. The van der Waals surface area contributed by atoms with Crippen LogP contribution in [0.1, 0.15) is 50.1 Å². The minimum absolute atomic E-state index is 0.0356. The number of piperazine rings is 1. The van der Waals surface area contributed by atoms with Crippen molar-refractivity contribution < 1.29 is 18.7 Å². The van der Waals surface area contributed by atoms with Gasteiger partial charge >= 0.3 is 5.69 Å². The lowest BCUT2D eigenvalue weighted by Gasteiger charge is -2.53. The number of hydrazine groups is 1. The summed E-state index contributed by atoms with van der Waals surface area (Å²) in [6.45, 7) is 7.32. The number of ether oxygens (including phenoxy) is 1. The molecule has 3 saturated heterocycles. The lowest BCUT2D eigenvalue weighted by atomic mass is 9.89. The first-order valence-corrected chi connectivity index (χ1v) is 19.6. The number of fused-ring (bicyclic) bond motifs is 1. The van der Waals surface area contributed by atoms with E-state index in [0.29, 0.717) is 64.2 Å². The average molecular weight is 751 g/mol. The van der Waals surface area contributed by atoms with Gasteiger partial charge in [-0.3, -0.25) is 33.8 Å². The Morgan fingerprint density at radius 2 is 1.55 bits per heavy atom. The van der Waals surface area contributed by atoms with Gasteiger partial charge in [0.15, 0.2) is 5.65 Å². The number of carbonyl (C=O) groups excluding carboxylic acids is 2. The predicted molar refractivity (Wildman–Crippen MR) is 204 cm³/mol. The molecule has 1 spiro atoms. The summed E-state index contributed by atoms with van der Waals surface area (Å²) >= 11 is 0. The van der Waals surface area contributed by atoms with E-state index < -0.39 is 17.1 Å². The minimum Gasteiger partial charge on any atom is -0.378 e. The van der Waals surface area contributed by atoms with Crippen molar-refractivity contribution in [1.29, 1.82) is 0 Å². The van der Waals surface area contributed by atoms with Gasteiger partial charge in [-0.25, -0.2) is 23.7 Å². The van der Waals surface area contributed by atoms with Crippen molar-refractivity contribution in [3.8, 4) is 16.8 Å². The second-order valence-corrected chi connectivity index (χ2v) is 15.8. The Balaban J connectivity index is 0.905. The second kappa shape index (κ2) is 14.4. The molecule has 4 aromatic rings. The van der Waals surface area contributed by atoms with Crippen molar-refractivity contribution >= 4 is 22.8 Å². The number of amides is 2. The topological polar surface area (TPSA) is 116 Å². The van der Waals surface area contributed by atoms with Crippen LogP contribution in [0.3, 0.4) is 0 Å².